The van der Waals surface area contributed by atoms with Crippen molar-refractivity contribution in [1.82, 2.24) is 10.3 Å². The number of hydrogen-bond acceptors (Lipinski definition) is 4. The van der Waals surface area contributed by atoms with E-state index in [1.807, 2.05) is 0 Å². The van der Waals surface area contributed by atoms with E-state index < -0.39 is 5.97 Å². The lowest BCUT2D eigenvalue weighted by atomic mass is 10.00. The van der Waals surface area contributed by atoms with Gasteiger partial charge in [0, 0.05) is 12.5 Å². The van der Waals surface area contributed by atoms with Gasteiger partial charge in [-0.3, -0.25) is 0 Å². The van der Waals surface area contributed by atoms with Gasteiger partial charge in [0.05, 0.1) is 0 Å². The van der Waals surface area contributed by atoms with Gasteiger partial charge in [0.15, 0.2) is 11.6 Å². The van der Waals surface area contributed by atoms with Crippen molar-refractivity contribution in [3.8, 4) is 0 Å². The van der Waals surface area contributed by atoms with Crippen LogP contribution in [0, 0.1) is 0 Å². The first-order chi connectivity index (χ1) is 6.77. The average Bonchev–Trinajstić information content (AvgIpc) is 2.68. The number of oxazole rings is 1. The van der Waals surface area contributed by atoms with Crippen molar-refractivity contribution in [2.45, 2.75) is 18.8 Å². The molecule has 0 aromatic carbocycles. The van der Waals surface area contributed by atoms with Gasteiger partial charge in [0.2, 0.25) is 0 Å². The fourth-order valence-corrected chi connectivity index (χ4v) is 1.64. The number of hydrogen-bond donors (Lipinski definition) is 2. The Balaban J connectivity index is 2.11. The molecule has 1 aliphatic rings. The Bertz CT molecular complexity index is 329. The maximum Gasteiger partial charge on any atom is 0.357 e. The van der Waals surface area contributed by atoms with Crippen molar-refractivity contribution in [2.75, 3.05) is 13.1 Å². The number of nitrogens with one attached hydrogen (secondary N) is 1. The smallest absolute Gasteiger partial charge is 0.357 e. The Kier molecular flexibility index (Phi) is 2.49. The summed E-state index contributed by atoms with van der Waals surface area (Å²) in [7, 11) is 0. The summed E-state index contributed by atoms with van der Waals surface area (Å²) in [6.07, 6.45) is 3.29. The van der Waals surface area contributed by atoms with Gasteiger partial charge in [-0.05, 0) is 19.4 Å². The summed E-state index contributed by atoms with van der Waals surface area (Å²) in [5.41, 5.74) is -0.00873. The first-order valence-corrected chi connectivity index (χ1v) is 4.67. The van der Waals surface area contributed by atoms with E-state index in [9.17, 15) is 4.79 Å². The lowest BCUT2D eigenvalue weighted by Crippen LogP contribution is -2.28. The molecule has 0 saturated carbocycles. The number of carboxylic acid groups (broad SMARTS) is 1. The van der Waals surface area contributed by atoms with Crippen LogP contribution in [0.4, 0.5) is 0 Å². The highest BCUT2D eigenvalue weighted by Gasteiger charge is 2.21. The number of aromatic nitrogens is 1. The summed E-state index contributed by atoms with van der Waals surface area (Å²) < 4.78 is 5.13. The third-order valence-electron chi connectivity index (χ3n) is 2.39. The summed E-state index contributed by atoms with van der Waals surface area (Å²) in [4.78, 5) is 14.5. The number of rotatable bonds is 2. The molecule has 2 rings (SSSR count). The van der Waals surface area contributed by atoms with E-state index in [0.717, 1.165) is 25.9 Å². The second kappa shape index (κ2) is 3.79. The quantitative estimate of drug-likeness (QED) is 0.733. The molecule has 1 fully saturated rings. The summed E-state index contributed by atoms with van der Waals surface area (Å²) in [6, 6.07) is 0. The van der Waals surface area contributed by atoms with Gasteiger partial charge < -0.3 is 14.8 Å². The molecule has 1 aromatic heterocycles. The first-order valence-electron chi connectivity index (χ1n) is 4.67. The van der Waals surface area contributed by atoms with Crippen LogP contribution in [0.25, 0.3) is 0 Å². The van der Waals surface area contributed by atoms with Crippen LogP contribution in [0.2, 0.25) is 0 Å². The molecule has 1 unspecified atom stereocenters. The minimum atomic E-state index is -1.04. The molecule has 76 valence electrons. The van der Waals surface area contributed by atoms with Crippen LogP contribution in [0.3, 0.4) is 0 Å². The molecule has 0 spiro atoms. The Labute approximate surface area is 81.1 Å². The first kappa shape index (κ1) is 9.21. The third-order valence-corrected chi connectivity index (χ3v) is 2.39. The topological polar surface area (TPSA) is 75.4 Å². The van der Waals surface area contributed by atoms with E-state index in [-0.39, 0.29) is 11.6 Å². The number of carboxylic acids is 1. The van der Waals surface area contributed by atoms with Gasteiger partial charge in [-0.1, -0.05) is 0 Å². The lowest BCUT2D eigenvalue weighted by Gasteiger charge is -2.19. The van der Waals surface area contributed by atoms with E-state index in [4.69, 9.17) is 9.52 Å². The van der Waals surface area contributed by atoms with Gasteiger partial charge in [-0.15, -0.1) is 0 Å². The van der Waals surface area contributed by atoms with Crippen molar-refractivity contribution < 1.29 is 14.3 Å². The zero-order valence-corrected chi connectivity index (χ0v) is 7.69. The van der Waals surface area contributed by atoms with Gasteiger partial charge in [0.1, 0.15) is 6.26 Å². The van der Waals surface area contributed by atoms with Crippen molar-refractivity contribution >= 4 is 5.97 Å². The molecule has 1 aromatic rings. The van der Waals surface area contributed by atoms with Crippen molar-refractivity contribution in [3.63, 3.8) is 0 Å². The summed E-state index contributed by atoms with van der Waals surface area (Å²) >= 11 is 0. The third kappa shape index (κ3) is 1.77. The van der Waals surface area contributed by atoms with Crippen molar-refractivity contribution in [2.24, 2.45) is 0 Å². The Hall–Kier alpha value is -1.36. The van der Waals surface area contributed by atoms with Crippen LogP contribution in [-0.2, 0) is 0 Å². The van der Waals surface area contributed by atoms with Crippen LogP contribution in [0.5, 0.6) is 0 Å². The highest BCUT2D eigenvalue weighted by molar-refractivity contribution is 5.84. The van der Waals surface area contributed by atoms with Crippen LogP contribution in [-0.4, -0.2) is 29.1 Å². The summed E-state index contributed by atoms with van der Waals surface area (Å²) in [5, 5.41) is 11.9. The molecule has 0 bridgehead atoms. The molecule has 0 radical (unpaired) electrons. The zero-order valence-electron chi connectivity index (χ0n) is 7.69. The molecule has 5 heteroatoms. The highest BCUT2D eigenvalue weighted by atomic mass is 16.4. The van der Waals surface area contributed by atoms with Crippen LogP contribution in [0.1, 0.15) is 35.1 Å². The fraction of sp³-hybridized carbons (Fsp3) is 0.556. The monoisotopic (exact) mass is 196 g/mol. The second-order valence-electron chi connectivity index (χ2n) is 3.42. The number of carbonyl (C=O) groups is 1. The van der Waals surface area contributed by atoms with Crippen molar-refractivity contribution in [3.05, 3.63) is 17.8 Å². The van der Waals surface area contributed by atoms with E-state index in [2.05, 4.69) is 10.3 Å². The van der Waals surface area contributed by atoms with Crippen LogP contribution in [0.15, 0.2) is 10.7 Å². The van der Waals surface area contributed by atoms with Gasteiger partial charge in [-0.2, -0.15) is 0 Å². The minimum absolute atomic E-state index is 0.00873. The van der Waals surface area contributed by atoms with E-state index in [1.165, 1.54) is 6.26 Å². The normalized spacial score (nSPS) is 22.1. The second-order valence-corrected chi connectivity index (χ2v) is 3.42. The zero-order chi connectivity index (χ0) is 9.97. The molecule has 14 heavy (non-hydrogen) atoms. The van der Waals surface area contributed by atoms with Gasteiger partial charge >= 0.3 is 5.97 Å². The predicted molar refractivity (Wildman–Crippen MR) is 48.3 cm³/mol. The molecule has 1 saturated heterocycles. The van der Waals surface area contributed by atoms with E-state index in [0.29, 0.717) is 5.89 Å². The van der Waals surface area contributed by atoms with Gasteiger partial charge in [-0.25, -0.2) is 9.78 Å². The maximum atomic E-state index is 10.6. The van der Waals surface area contributed by atoms with E-state index >= 15 is 0 Å². The molecular formula is C9H12N2O3. The molecule has 2 heterocycles. The minimum Gasteiger partial charge on any atom is -0.476 e. The standard InChI is InChI=1S/C9H12N2O3/c12-9(13)7-5-14-8(11-7)6-2-1-3-10-4-6/h5-6,10H,1-4H2,(H,12,13). The number of nitrogens with zero attached hydrogens (tertiary/aromatic N) is 1. The Morgan fingerprint density at radius 3 is 3.14 bits per heavy atom. The molecule has 2 N–H and O–H groups in total. The average molecular weight is 196 g/mol. The molecule has 1 atom stereocenters. The SMILES string of the molecule is O=C(O)c1coc(C2CCCNC2)n1. The van der Waals surface area contributed by atoms with Crippen LogP contribution >= 0.6 is 0 Å². The van der Waals surface area contributed by atoms with Crippen molar-refractivity contribution in [1.29, 1.82) is 0 Å². The maximum absolute atomic E-state index is 10.6. The Morgan fingerprint density at radius 2 is 2.57 bits per heavy atom. The predicted octanol–water partition coefficient (Wildman–Crippen LogP) is 0.840. The van der Waals surface area contributed by atoms with E-state index in [1.54, 1.807) is 0 Å². The fourth-order valence-electron chi connectivity index (χ4n) is 1.64. The molecule has 1 aliphatic heterocycles. The molecule has 0 amide bonds. The molecular weight excluding hydrogens is 184 g/mol. The van der Waals surface area contributed by atoms with Gasteiger partial charge in [0.25, 0.3) is 0 Å². The summed E-state index contributed by atoms with van der Waals surface area (Å²) in [6.45, 7) is 1.84. The number of piperidine rings is 1. The highest BCUT2D eigenvalue weighted by Crippen LogP contribution is 2.22. The Morgan fingerprint density at radius 1 is 1.71 bits per heavy atom. The largest absolute Gasteiger partial charge is 0.476 e. The summed E-state index contributed by atoms with van der Waals surface area (Å²) in [5.74, 6) is -0.282. The lowest BCUT2D eigenvalue weighted by molar-refractivity contribution is 0.0690. The molecule has 0 aliphatic carbocycles. The molecule has 5 nitrogen and oxygen atoms in total. The number of aromatic carboxylic acids is 1. The van der Waals surface area contributed by atoms with Crippen LogP contribution < -0.4 is 5.32 Å².